The van der Waals surface area contributed by atoms with Gasteiger partial charge in [0.05, 0.1) is 6.42 Å². The molecule has 3 heteroatoms. The summed E-state index contributed by atoms with van der Waals surface area (Å²) in [5.74, 6) is 0.246. The van der Waals surface area contributed by atoms with E-state index < -0.39 is 0 Å². The lowest BCUT2D eigenvalue weighted by atomic mass is 10.1. The molecule has 0 radical (unpaired) electrons. The van der Waals surface area contributed by atoms with Gasteiger partial charge in [0.1, 0.15) is 0 Å². The largest absolute Gasteiger partial charge is 0.340 e. The van der Waals surface area contributed by atoms with Gasteiger partial charge in [-0.3, -0.25) is 9.69 Å². The smallest absolute Gasteiger partial charge is 0.227 e. The van der Waals surface area contributed by atoms with Crippen molar-refractivity contribution < 1.29 is 4.79 Å². The van der Waals surface area contributed by atoms with Crippen molar-refractivity contribution in [1.29, 1.82) is 0 Å². The highest BCUT2D eigenvalue weighted by molar-refractivity contribution is 5.79. The molecule has 24 heavy (non-hydrogen) atoms. The van der Waals surface area contributed by atoms with E-state index in [4.69, 9.17) is 0 Å². The average Bonchev–Trinajstić information content (AvgIpc) is 2.57. The Morgan fingerprint density at radius 3 is 2.42 bits per heavy atom. The zero-order valence-corrected chi connectivity index (χ0v) is 14.7. The maximum absolute atomic E-state index is 12.5. The number of hydrogen-bond donors (Lipinski definition) is 0. The SMILES string of the molecule is Cc1cccc(CC(=O)N2CCN(Cc3ccccc3C)CC2)c1. The van der Waals surface area contributed by atoms with Crippen LogP contribution in [0.25, 0.3) is 0 Å². The van der Waals surface area contributed by atoms with Gasteiger partial charge in [-0.2, -0.15) is 0 Å². The summed E-state index contributed by atoms with van der Waals surface area (Å²) >= 11 is 0. The van der Waals surface area contributed by atoms with E-state index in [-0.39, 0.29) is 5.91 Å². The molecule has 0 spiro atoms. The van der Waals surface area contributed by atoms with Crippen LogP contribution in [0.4, 0.5) is 0 Å². The Labute approximate surface area is 144 Å². The quantitative estimate of drug-likeness (QED) is 0.863. The van der Waals surface area contributed by atoms with Gasteiger partial charge in [0.15, 0.2) is 0 Å². The number of amides is 1. The number of carbonyl (C=O) groups excluding carboxylic acids is 1. The number of rotatable bonds is 4. The van der Waals surface area contributed by atoms with E-state index >= 15 is 0 Å². The highest BCUT2D eigenvalue weighted by atomic mass is 16.2. The minimum Gasteiger partial charge on any atom is -0.340 e. The van der Waals surface area contributed by atoms with E-state index in [9.17, 15) is 4.79 Å². The summed E-state index contributed by atoms with van der Waals surface area (Å²) in [6, 6.07) is 16.8. The van der Waals surface area contributed by atoms with Crippen LogP contribution in [0.15, 0.2) is 48.5 Å². The van der Waals surface area contributed by atoms with E-state index in [2.05, 4.69) is 55.1 Å². The molecule has 2 aromatic carbocycles. The van der Waals surface area contributed by atoms with E-state index in [1.165, 1.54) is 16.7 Å². The summed E-state index contributed by atoms with van der Waals surface area (Å²) in [7, 11) is 0. The molecular formula is C21H26N2O. The Morgan fingerprint density at radius 2 is 1.71 bits per heavy atom. The lowest BCUT2D eigenvalue weighted by Crippen LogP contribution is -2.48. The van der Waals surface area contributed by atoms with Crippen LogP contribution in [0, 0.1) is 13.8 Å². The molecule has 0 bridgehead atoms. The fourth-order valence-corrected chi connectivity index (χ4v) is 3.29. The van der Waals surface area contributed by atoms with Gasteiger partial charge in [0.25, 0.3) is 0 Å². The standard InChI is InChI=1S/C21H26N2O/c1-17-6-5-8-19(14-17)15-21(24)23-12-10-22(11-13-23)16-20-9-4-3-7-18(20)2/h3-9,14H,10-13,15-16H2,1-2H3. The highest BCUT2D eigenvalue weighted by Crippen LogP contribution is 2.13. The molecule has 0 atom stereocenters. The molecule has 0 N–H and O–H groups in total. The topological polar surface area (TPSA) is 23.6 Å². The molecule has 1 heterocycles. The number of carbonyl (C=O) groups is 1. The van der Waals surface area contributed by atoms with Crippen LogP contribution in [0.2, 0.25) is 0 Å². The molecular weight excluding hydrogens is 296 g/mol. The highest BCUT2D eigenvalue weighted by Gasteiger charge is 2.21. The first-order valence-electron chi connectivity index (χ1n) is 8.72. The lowest BCUT2D eigenvalue weighted by Gasteiger charge is -2.35. The molecule has 1 amide bonds. The van der Waals surface area contributed by atoms with E-state index in [1.54, 1.807) is 0 Å². The first-order valence-corrected chi connectivity index (χ1v) is 8.72. The van der Waals surface area contributed by atoms with Gasteiger partial charge in [-0.1, -0.05) is 54.1 Å². The van der Waals surface area contributed by atoms with Crippen molar-refractivity contribution >= 4 is 5.91 Å². The predicted molar refractivity (Wildman–Crippen MR) is 97.9 cm³/mol. The van der Waals surface area contributed by atoms with Crippen LogP contribution in [-0.4, -0.2) is 41.9 Å². The Bertz CT molecular complexity index is 702. The van der Waals surface area contributed by atoms with Gasteiger partial charge in [0, 0.05) is 32.7 Å². The summed E-state index contributed by atoms with van der Waals surface area (Å²) in [5, 5.41) is 0. The number of benzene rings is 2. The van der Waals surface area contributed by atoms with Crippen molar-refractivity contribution in [3.05, 3.63) is 70.8 Å². The van der Waals surface area contributed by atoms with Gasteiger partial charge >= 0.3 is 0 Å². The summed E-state index contributed by atoms with van der Waals surface area (Å²) in [4.78, 5) is 17.0. The fourth-order valence-electron chi connectivity index (χ4n) is 3.29. The fraction of sp³-hybridized carbons (Fsp3) is 0.381. The number of aryl methyl sites for hydroxylation is 2. The number of hydrogen-bond acceptors (Lipinski definition) is 2. The Balaban J connectivity index is 1.51. The average molecular weight is 322 g/mol. The minimum atomic E-state index is 0.246. The van der Waals surface area contributed by atoms with E-state index in [1.807, 2.05) is 17.0 Å². The normalized spacial score (nSPS) is 15.5. The number of nitrogens with zero attached hydrogens (tertiary/aromatic N) is 2. The molecule has 3 rings (SSSR count). The summed E-state index contributed by atoms with van der Waals surface area (Å²) < 4.78 is 0. The second-order valence-electron chi connectivity index (χ2n) is 6.75. The molecule has 3 nitrogen and oxygen atoms in total. The van der Waals surface area contributed by atoms with E-state index in [0.717, 1.165) is 38.3 Å². The molecule has 0 unspecified atom stereocenters. The van der Waals surface area contributed by atoms with Crippen LogP contribution in [0.1, 0.15) is 22.3 Å². The van der Waals surface area contributed by atoms with Gasteiger partial charge in [-0.25, -0.2) is 0 Å². The third-order valence-electron chi connectivity index (χ3n) is 4.82. The summed E-state index contributed by atoms with van der Waals surface area (Å²) in [5.41, 5.74) is 5.05. The van der Waals surface area contributed by atoms with E-state index in [0.29, 0.717) is 6.42 Å². The van der Waals surface area contributed by atoms with Crippen molar-refractivity contribution in [2.24, 2.45) is 0 Å². The first kappa shape index (κ1) is 16.7. The maximum Gasteiger partial charge on any atom is 0.227 e. The Morgan fingerprint density at radius 1 is 0.958 bits per heavy atom. The molecule has 1 aliphatic heterocycles. The lowest BCUT2D eigenvalue weighted by molar-refractivity contribution is -0.132. The van der Waals surface area contributed by atoms with Crippen molar-refractivity contribution in [3.63, 3.8) is 0 Å². The molecule has 2 aromatic rings. The Kier molecular flexibility index (Phi) is 5.31. The maximum atomic E-state index is 12.5. The van der Waals surface area contributed by atoms with Crippen LogP contribution in [-0.2, 0) is 17.8 Å². The molecule has 1 fully saturated rings. The minimum absolute atomic E-state index is 0.246. The second-order valence-corrected chi connectivity index (χ2v) is 6.75. The van der Waals surface area contributed by atoms with Crippen LogP contribution >= 0.6 is 0 Å². The number of piperazine rings is 1. The zero-order valence-electron chi connectivity index (χ0n) is 14.7. The monoisotopic (exact) mass is 322 g/mol. The molecule has 1 aliphatic rings. The predicted octanol–water partition coefficient (Wildman–Crippen LogP) is 3.19. The van der Waals surface area contributed by atoms with Gasteiger partial charge in [-0.05, 0) is 30.5 Å². The molecule has 1 saturated heterocycles. The molecule has 0 aliphatic carbocycles. The summed E-state index contributed by atoms with van der Waals surface area (Å²) in [6.45, 7) is 8.77. The van der Waals surface area contributed by atoms with Crippen LogP contribution < -0.4 is 0 Å². The van der Waals surface area contributed by atoms with Crippen molar-refractivity contribution in [2.45, 2.75) is 26.8 Å². The van der Waals surface area contributed by atoms with Gasteiger partial charge < -0.3 is 4.90 Å². The molecule has 0 aromatic heterocycles. The van der Waals surface area contributed by atoms with Gasteiger partial charge in [-0.15, -0.1) is 0 Å². The zero-order chi connectivity index (χ0) is 16.9. The van der Waals surface area contributed by atoms with Crippen LogP contribution in [0.5, 0.6) is 0 Å². The molecule has 0 saturated carbocycles. The first-order chi connectivity index (χ1) is 11.6. The Hall–Kier alpha value is -2.13. The summed E-state index contributed by atoms with van der Waals surface area (Å²) in [6.07, 6.45) is 0.513. The second kappa shape index (κ2) is 7.63. The van der Waals surface area contributed by atoms with Crippen molar-refractivity contribution in [3.8, 4) is 0 Å². The van der Waals surface area contributed by atoms with Crippen LogP contribution in [0.3, 0.4) is 0 Å². The van der Waals surface area contributed by atoms with Gasteiger partial charge in [0.2, 0.25) is 5.91 Å². The van der Waals surface area contributed by atoms with Crippen molar-refractivity contribution in [1.82, 2.24) is 9.80 Å². The third kappa shape index (κ3) is 4.24. The van der Waals surface area contributed by atoms with Crippen molar-refractivity contribution in [2.75, 3.05) is 26.2 Å². The third-order valence-corrected chi connectivity index (χ3v) is 4.82. The molecule has 126 valence electrons.